The molecule has 0 bridgehead atoms. The first-order valence-corrected chi connectivity index (χ1v) is 37.3. The molecule has 0 spiro atoms. The van der Waals surface area contributed by atoms with Crippen LogP contribution in [0, 0.1) is 0 Å². The monoisotopic (exact) mass is 1770 g/mol. The molecule has 3 aliphatic rings. The maximum atomic E-state index is 14.3. The van der Waals surface area contributed by atoms with Crippen LogP contribution in [0.5, 0.6) is 0 Å². The molecule has 4 atom stereocenters. The minimum atomic E-state index is -5.37. The van der Waals surface area contributed by atoms with Crippen molar-refractivity contribution in [1.29, 1.82) is 0 Å². The van der Waals surface area contributed by atoms with E-state index in [2.05, 4.69) is 8.37 Å². The first kappa shape index (κ1) is 89.2. The van der Waals surface area contributed by atoms with E-state index in [4.69, 9.17) is 109 Å². The lowest BCUT2D eigenvalue weighted by Gasteiger charge is -2.29. The van der Waals surface area contributed by atoms with Crippen LogP contribution in [0.25, 0.3) is 0 Å². The fourth-order valence-corrected chi connectivity index (χ4v) is 16.5. The van der Waals surface area contributed by atoms with Gasteiger partial charge in [-0.25, -0.2) is 21.2 Å². The smallest absolute Gasteiger partial charge is 0.300 e. The molecule has 3 saturated heterocycles. The number of nitrogens with zero attached hydrogens (tertiary/aromatic N) is 3. The van der Waals surface area contributed by atoms with Gasteiger partial charge in [0.15, 0.2) is 0 Å². The lowest BCUT2D eigenvalue weighted by molar-refractivity contribution is -0.243. The van der Waals surface area contributed by atoms with Crippen LogP contribution in [0.1, 0.15) is 109 Å². The summed E-state index contributed by atoms with van der Waals surface area (Å²) in [5.41, 5.74) is -19.0. The molecule has 44 heteroatoms. The zero-order valence-electron chi connectivity index (χ0n) is 53.9. The van der Waals surface area contributed by atoms with Crippen molar-refractivity contribution in [1.82, 2.24) is 0 Å². The molecule has 0 amide bonds. The number of ketones is 3. The van der Waals surface area contributed by atoms with Gasteiger partial charge in [0.1, 0.15) is 17.3 Å². The molecule has 14 nitrogen and oxygen atoms in total. The van der Waals surface area contributed by atoms with Gasteiger partial charge in [-0.15, -0.1) is 0 Å². The van der Waals surface area contributed by atoms with E-state index < -0.39 is 176 Å². The highest BCUT2D eigenvalue weighted by Crippen LogP contribution is 2.56. The summed E-state index contributed by atoms with van der Waals surface area (Å²) in [5, 5.41) is -3.13. The number of alkyl halides is 18. The molecule has 9 rings (SSSR count). The Morgan fingerprint density at radius 2 is 0.654 bits per heavy atom. The Kier molecular flexibility index (Phi) is 27.5. The predicted molar refractivity (Wildman–Crippen MR) is 364 cm³/mol. The van der Waals surface area contributed by atoms with Gasteiger partial charge in [-0.05, 0) is 125 Å². The Morgan fingerprint density at radius 3 is 0.907 bits per heavy atom. The lowest BCUT2D eigenvalue weighted by atomic mass is 9.92. The van der Waals surface area contributed by atoms with Gasteiger partial charge in [0.25, 0.3) is 11.3 Å². The van der Waals surface area contributed by atoms with E-state index in [1.54, 1.807) is 20.8 Å². The molecule has 0 saturated carbocycles. The van der Waals surface area contributed by atoms with Crippen LogP contribution in [0.15, 0.2) is 91.0 Å². The highest BCUT2D eigenvalue weighted by molar-refractivity contribution is 7.88. The number of rotatable bonds is 18. The van der Waals surface area contributed by atoms with Gasteiger partial charge < -0.3 is 0 Å². The number of hydrogen-bond acceptors (Lipinski definition) is 11. The van der Waals surface area contributed by atoms with E-state index >= 15 is 0 Å². The van der Waals surface area contributed by atoms with Crippen LogP contribution < -0.4 is 12.9 Å². The topological polar surface area (TPSA) is 174 Å². The van der Waals surface area contributed by atoms with E-state index in [0.29, 0.717) is 22.5 Å². The minimum Gasteiger partial charge on any atom is -0.300 e. The van der Waals surface area contributed by atoms with Crippen molar-refractivity contribution in [2.75, 3.05) is 32.5 Å². The van der Waals surface area contributed by atoms with Gasteiger partial charge in [-0.3, -0.25) is 22.9 Å². The lowest BCUT2D eigenvalue weighted by Crippen LogP contribution is -2.46. The van der Waals surface area contributed by atoms with Gasteiger partial charge >= 0.3 is 57.7 Å². The van der Waals surface area contributed by atoms with Gasteiger partial charge in [-0.1, -0.05) is 143 Å². The molecule has 0 aliphatic carbocycles. The maximum absolute atomic E-state index is 14.3. The van der Waals surface area contributed by atoms with Crippen molar-refractivity contribution in [2.24, 2.45) is 0 Å². The maximum Gasteiger partial charge on any atom is 0.425 e. The van der Waals surface area contributed by atoms with Crippen molar-refractivity contribution in [3.63, 3.8) is 0 Å². The van der Waals surface area contributed by atoms with Crippen molar-refractivity contribution in [3.8, 4) is 0 Å². The number of aryl methyl sites for hydroxylation is 3. The Morgan fingerprint density at radius 1 is 0.402 bits per heavy atom. The summed E-state index contributed by atoms with van der Waals surface area (Å²) < 4.78 is 330. The summed E-state index contributed by atoms with van der Waals surface area (Å²) in [6.07, 6.45) is -31.7. The van der Waals surface area contributed by atoms with Crippen LogP contribution >= 0.6 is 104 Å². The minimum absolute atomic E-state index is 0.0765. The average Bonchev–Trinajstić information content (AvgIpc) is 1.59. The predicted octanol–water partition coefficient (Wildman–Crippen LogP) is 21.7. The summed E-state index contributed by atoms with van der Waals surface area (Å²) in [4.78, 5) is 34.7. The normalized spacial score (nSPS) is 20.4. The molecule has 6 aromatic carbocycles. The third-order valence-electron chi connectivity index (χ3n) is 16.5. The van der Waals surface area contributed by atoms with Crippen molar-refractivity contribution in [2.45, 2.75) is 132 Å². The number of anilines is 3. The average molecular weight is 1780 g/mol. The van der Waals surface area contributed by atoms with E-state index in [0.717, 1.165) is 72.8 Å². The highest BCUT2D eigenvalue weighted by Gasteiger charge is 2.69. The Labute approximate surface area is 644 Å². The standard InChI is InChI=1S/2C21H16Cl3F6NO4S.C21H16Cl3F6NO3S/c2*1-2-14(32)6-4-11-3-5-13(9-15(11)20(25,26)27)31-10-19(21(28,29)30,35-36(31,33)34)12-7-16(22)18(24)17(23)8-12;1-2-14(32)6-4-11-3-5-13(9-15(11)20(25,26)27)31-10-19(21(28,29)30,34-35(31)33)12-7-16(22)18(24)17(23)8-12/h2*3,5,7-9H,2,4,6,10H2,1H3;3,5,7-9H,2,4,6,10H2,1H3. The van der Waals surface area contributed by atoms with E-state index in [1.165, 1.54) is 0 Å². The molecule has 107 heavy (non-hydrogen) atoms. The van der Waals surface area contributed by atoms with Crippen LogP contribution in [0.3, 0.4) is 0 Å². The van der Waals surface area contributed by atoms with Crippen LogP contribution in [0.2, 0.25) is 45.2 Å². The summed E-state index contributed by atoms with van der Waals surface area (Å²) in [6, 6.07) is 11.8. The molecule has 6 aromatic rings. The molecule has 3 fully saturated rings. The Bertz CT molecular complexity index is 4420. The van der Waals surface area contributed by atoms with Crippen molar-refractivity contribution < 1.29 is 127 Å². The third-order valence-corrected chi connectivity index (χ3v) is 24.0. The van der Waals surface area contributed by atoms with Gasteiger partial charge in [0.2, 0.25) is 16.8 Å². The molecule has 0 radical (unpaired) electrons. The fourth-order valence-electron chi connectivity index (χ4n) is 10.8. The number of carbonyl (C=O) groups is 3. The molecular weight excluding hydrogens is 1730 g/mol. The SMILES string of the molecule is CCC(=O)CCc1ccc(N2CC(c3cc(Cl)c(Cl)c(Cl)c3)(C(F)(F)F)OS2(=O)=O)cc1C(F)(F)F.CCC(=O)CCc1ccc(N2CC(c3cc(Cl)c(Cl)c(Cl)c3)(C(F)(F)F)OS2(=O)=O)cc1C(F)(F)F.CCC(=O)CCc1ccc(N2CC(c3cc(Cl)c(Cl)c(Cl)c3)(C(F)(F)F)OS2=O)cc1C(F)(F)F. The molecule has 588 valence electrons. The summed E-state index contributed by atoms with van der Waals surface area (Å²) >= 11 is 49.6. The van der Waals surface area contributed by atoms with Gasteiger partial charge in [-0.2, -0.15) is 95.9 Å². The van der Waals surface area contributed by atoms with Gasteiger partial charge in [0.05, 0.1) is 98.6 Å². The number of carbonyl (C=O) groups excluding carboxylic acids is 3. The number of halogens is 27. The Hall–Kier alpha value is -4.99. The molecule has 3 aliphatic heterocycles. The molecule has 0 N–H and O–H groups in total. The zero-order valence-corrected chi connectivity index (χ0v) is 63.2. The van der Waals surface area contributed by atoms with Crippen molar-refractivity contribution in [3.05, 3.63) is 186 Å². The quantitative estimate of drug-likeness (QED) is 0.0592. The van der Waals surface area contributed by atoms with E-state index in [9.17, 15) is 114 Å². The number of benzene rings is 6. The highest BCUT2D eigenvalue weighted by atomic mass is 35.5. The number of hydrogen-bond donors (Lipinski definition) is 0. The third kappa shape index (κ3) is 19.4. The molecule has 4 unspecified atom stereocenters. The molecular formula is C63H48Cl9F18N3O11S3. The zero-order chi connectivity index (χ0) is 80.9. The second-order valence-electron chi connectivity index (χ2n) is 23.4. The summed E-state index contributed by atoms with van der Waals surface area (Å²) in [6.45, 7) is 0.593. The van der Waals surface area contributed by atoms with Crippen molar-refractivity contribution >= 4 is 171 Å². The summed E-state index contributed by atoms with van der Waals surface area (Å²) in [7, 11) is -10.5. The molecule has 3 heterocycles. The molecule has 0 aromatic heterocycles. The van der Waals surface area contributed by atoms with E-state index in [1.807, 2.05) is 0 Å². The fraction of sp³-hybridized carbons (Fsp3) is 0.381. The van der Waals surface area contributed by atoms with Crippen LogP contribution in [-0.4, -0.2) is 76.6 Å². The Balaban J connectivity index is 0.000000224. The summed E-state index contributed by atoms with van der Waals surface area (Å²) in [5.74, 6) is -0.831. The van der Waals surface area contributed by atoms with Crippen LogP contribution in [0.4, 0.5) is 96.1 Å². The second-order valence-corrected chi connectivity index (χ2v) is 30.9. The first-order chi connectivity index (χ1) is 49.0. The van der Waals surface area contributed by atoms with E-state index in [-0.39, 0.29) is 126 Å². The van der Waals surface area contributed by atoms with Gasteiger partial charge in [0, 0.05) is 38.5 Å². The number of Topliss-reactive ketones (excluding diaryl/α,β-unsaturated/α-hetero) is 3. The second kappa shape index (κ2) is 33.0. The van der Waals surface area contributed by atoms with Crippen LogP contribution in [-0.2, 0) is 113 Å². The largest absolute Gasteiger partial charge is 0.425 e. The first-order valence-electron chi connectivity index (χ1n) is 30.1.